The molecule has 76 valence electrons. The number of carbonyl (C=O) groups excluding carboxylic acids is 2. The van der Waals surface area contributed by atoms with Crippen LogP contribution in [0.5, 0.6) is 0 Å². The molecule has 1 unspecified atom stereocenters. The second-order valence-electron chi connectivity index (χ2n) is 3.16. The van der Waals surface area contributed by atoms with E-state index in [0.717, 1.165) is 0 Å². The highest BCUT2D eigenvalue weighted by Crippen LogP contribution is 2.03. The third-order valence-corrected chi connectivity index (χ3v) is 1.79. The lowest BCUT2D eigenvalue weighted by atomic mass is 9.98. The van der Waals surface area contributed by atoms with Crippen molar-refractivity contribution in [2.24, 2.45) is 5.92 Å². The molecule has 0 aromatic heterocycles. The first-order valence-corrected chi connectivity index (χ1v) is 4.43. The Bertz CT molecular complexity index is 180. The Balaban J connectivity index is 4.06. The molecule has 0 aliphatic carbocycles. The summed E-state index contributed by atoms with van der Waals surface area (Å²) >= 11 is 0. The van der Waals surface area contributed by atoms with E-state index >= 15 is 0 Å². The molecule has 0 aromatic carbocycles. The maximum Gasteiger partial charge on any atom is 0.151 e. The van der Waals surface area contributed by atoms with Crippen molar-refractivity contribution in [3.05, 3.63) is 0 Å². The fraction of sp³-hybridized carbons (Fsp3) is 0.778. The van der Waals surface area contributed by atoms with Crippen LogP contribution in [0, 0.1) is 5.92 Å². The van der Waals surface area contributed by atoms with Gasteiger partial charge in [-0.05, 0) is 21.0 Å². The molecule has 1 atom stereocenters. The Morgan fingerprint density at radius 2 is 1.85 bits per heavy atom. The van der Waals surface area contributed by atoms with E-state index in [0.29, 0.717) is 19.5 Å². The van der Waals surface area contributed by atoms with Gasteiger partial charge in [0.1, 0.15) is 5.78 Å². The maximum absolute atomic E-state index is 11.4. The van der Waals surface area contributed by atoms with Crippen molar-refractivity contribution in [3.8, 4) is 0 Å². The minimum atomic E-state index is -0.185. The van der Waals surface area contributed by atoms with Crippen LogP contribution in [-0.4, -0.2) is 38.8 Å². The summed E-state index contributed by atoms with van der Waals surface area (Å²) in [6.45, 7) is 2.41. The third kappa shape index (κ3) is 5.49. The van der Waals surface area contributed by atoms with E-state index in [-0.39, 0.29) is 17.5 Å². The van der Waals surface area contributed by atoms with Gasteiger partial charge in [0.15, 0.2) is 5.78 Å². The van der Waals surface area contributed by atoms with Crippen LogP contribution >= 0.6 is 0 Å². The molecule has 0 bridgehead atoms. The Morgan fingerprint density at radius 3 is 2.23 bits per heavy atom. The van der Waals surface area contributed by atoms with E-state index in [1.807, 2.05) is 0 Å². The number of hydrogen-bond donors (Lipinski definition) is 2. The molecule has 4 heteroatoms. The summed E-state index contributed by atoms with van der Waals surface area (Å²) in [5.74, 6) is -0.0355. The van der Waals surface area contributed by atoms with Gasteiger partial charge in [-0.25, -0.2) is 0 Å². The van der Waals surface area contributed by atoms with E-state index in [1.165, 1.54) is 6.92 Å². The molecule has 0 aliphatic heterocycles. The highest BCUT2D eigenvalue weighted by atomic mass is 16.1. The van der Waals surface area contributed by atoms with Gasteiger partial charge >= 0.3 is 0 Å². The number of likely N-dealkylation sites (N-methyl/N-ethyl adjacent to an activating group) is 1. The molecule has 0 fully saturated rings. The van der Waals surface area contributed by atoms with Crippen molar-refractivity contribution >= 4 is 11.6 Å². The van der Waals surface area contributed by atoms with Gasteiger partial charge in [-0.3, -0.25) is 4.79 Å². The lowest BCUT2D eigenvalue weighted by Gasteiger charge is -2.13. The molecule has 0 aromatic rings. The fourth-order valence-corrected chi connectivity index (χ4v) is 1.21. The highest BCUT2D eigenvalue weighted by molar-refractivity contribution is 5.88. The van der Waals surface area contributed by atoms with E-state index in [2.05, 4.69) is 10.6 Å². The third-order valence-electron chi connectivity index (χ3n) is 1.79. The summed E-state index contributed by atoms with van der Waals surface area (Å²) in [6.07, 6.45) is 0.335. The Labute approximate surface area is 79.1 Å². The number of rotatable bonds is 7. The van der Waals surface area contributed by atoms with Gasteiger partial charge in [0.05, 0.1) is 6.54 Å². The van der Waals surface area contributed by atoms with Gasteiger partial charge in [0, 0.05) is 18.9 Å². The predicted octanol–water partition coefficient (Wildman–Crippen LogP) is -0.410. The molecule has 13 heavy (non-hydrogen) atoms. The van der Waals surface area contributed by atoms with Crippen molar-refractivity contribution in [1.82, 2.24) is 10.6 Å². The maximum atomic E-state index is 11.4. The van der Waals surface area contributed by atoms with E-state index in [9.17, 15) is 9.59 Å². The van der Waals surface area contributed by atoms with E-state index in [1.54, 1.807) is 14.1 Å². The first kappa shape index (κ1) is 12.3. The summed E-state index contributed by atoms with van der Waals surface area (Å²) in [6, 6.07) is 0. The molecule has 0 aliphatic rings. The largest absolute Gasteiger partial charge is 0.319 e. The summed E-state index contributed by atoms with van der Waals surface area (Å²) in [4.78, 5) is 22.3. The molecule has 0 radical (unpaired) electrons. The van der Waals surface area contributed by atoms with Crippen molar-refractivity contribution in [2.75, 3.05) is 27.2 Å². The molecule has 0 amide bonds. The van der Waals surface area contributed by atoms with Gasteiger partial charge in [0.2, 0.25) is 0 Å². The average Bonchev–Trinajstić information content (AvgIpc) is 2.03. The van der Waals surface area contributed by atoms with Crippen LogP contribution in [0.4, 0.5) is 0 Å². The molecular formula is C9H18N2O2. The second-order valence-corrected chi connectivity index (χ2v) is 3.16. The predicted molar refractivity (Wildman–Crippen MR) is 51.6 cm³/mol. The van der Waals surface area contributed by atoms with Crippen LogP contribution < -0.4 is 10.6 Å². The molecule has 0 heterocycles. The van der Waals surface area contributed by atoms with Crippen LogP contribution in [0.25, 0.3) is 0 Å². The van der Waals surface area contributed by atoms with Crippen LogP contribution in [0.1, 0.15) is 13.3 Å². The number of hydrogen-bond acceptors (Lipinski definition) is 4. The van der Waals surface area contributed by atoms with Crippen LogP contribution in [0.3, 0.4) is 0 Å². The average molecular weight is 186 g/mol. The minimum absolute atomic E-state index is 0.0599. The molecule has 0 saturated carbocycles. The van der Waals surface area contributed by atoms with Crippen molar-refractivity contribution < 1.29 is 9.59 Å². The molecule has 0 spiro atoms. The summed E-state index contributed by atoms with van der Waals surface area (Å²) in [5, 5.41) is 5.70. The van der Waals surface area contributed by atoms with Gasteiger partial charge in [0.25, 0.3) is 0 Å². The Kier molecular flexibility index (Phi) is 6.36. The summed E-state index contributed by atoms with van der Waals surface area (Å²) in [5.41, 5.74) is 0. The molecule has 4 nitrogen and oxygen atoms in total. The van der Waals surface area contributed by atoms with E-state index < -0.39 is 0 Å². The van der Waals surface area contributed by atoms with Gasteiger partial charge < -0.3 is 15.4 Å². The molecular weight excluding hydrogens is 168 g/mol. The van der Waals surface area contributed by atoms with Crippen molar-refractivity contribution in [2.45, 2.75) is 13.3 Å². The van der Waals surface area contributed by atoms with Gasteiger partial charge in [-0.2, -0.15) is 0 Å². The number of carbonyl (C=O) groups is 2. The number of ketones is 2. The zero-order valence-corrected chi connectivity index (χ0v) is 8.52. The Morgan fingerprint density at radius 1 is 1.23 bits per heavy atom. The SMILES string of the molecule is CNCC(=O)C(CNC)CC(C)=O. The van der Waals surface area contributed by atoms with Crippen LogP contribution in [0.15, 0.2) is 0 Å². The lowest BCUT2D eigenvalue weighted by Crippen LogP contribution is -2.33. The number of nitrogens with one attached hydrogen (secondary N) is 2. The Hall–Kier alpha value is -0.740. The van der Waals surface area contributed by atoms with Crippen molar-refractivity contribution in [3.63, 3.8) is 0 Å². The minimum Gasteiger partial charge on any atom is -0.319 e. The van der Waals surface area contributed by atoms with Crippen LogP contribution in [0.2, 0.25) is 0 Å². The quantitative estimate of drug-likeness (QED) is 0.567. The topological polar surface area (TPSA) is 58.2 Å². The highest BCUT2D eigenvalue weighted by Gasteiger charge is 2.18. The van der Waals surface area contributed by atoms with E-state index in [4.69, 9.17) is 0 Å². The summed E-state index contributed by atoms with van der Waals surface area (Å²) in [7, 11) is 3.50. The smallest absolute Gasteiger partial charge is 0.151 e. The standard InChI is InChI=1S/C9H18N2O2/c1-7(12)4-8(5-10-2)9(13)6-11-3/h8,10-11H,4-6H2,1-3H3. The van der Waals surface area contributed by atoms with Gasteiger partial charge in [-0.1, -0.05) is 0 Å². The lowest BCUT2D eigenvalue weighted by molar-refractivity contribution is -0.126. The molecule has 0 saturated heterocycles. The first-order valence-electron chi connectivity index (χ1n) is 4.43. The zero-order chi connectivity index (χ0) is 10.3. The molecule has 0 rings (SSSR count). The number of Topliss-reactive ketones (excluding diaryl/α,β-unsaturated/α-hetero) is 2. The molecule has 2 N–H and O–H groups in total. The second kappa shape index (κ2) is 6.74. The monoisotopic (exact) mass is 186 g/mol. The van der Waals surface area contributed by atoms with Crippen molar-refractivity contribution in [1.29, 1.82) is 0 Å². The fourth-order valence-electron chi connectivity index (χ4n) is 1.21. The van der Waals surface area contributed by atoms with Gasteiger partial charge in [-0.15, -0.1) is 0 Å². The first-order chi connectivity index (χ1) is 6.11. The normalized spacial score (nSPS) is 12.5. The van der Waals surface area contributed by atoms with Crippen LogP contribution in [-0.2, 0) is 9.59 Å². The zero-order valence-electron chi connectivity index (χ0n) is 8.52. The summed E-state index contributed by atoms with van der Waals surface area (Å²) < 4.78 is 0.